The first kappa shape index (κ1) is 13.1. The molecule has 1 aromatic carbocycles. The average molecular weight is 283 g/mol. The van der Waals surface area contributed by atoms with Gasteiger partial charge in [0.05, 0.1) is 18.2 Å². The maximum absolute atomic E-state index is 6.21. The number of methoxy groups -OCH3 is 1. The average Bonchev–Trinajstić information content (AvgIpc) is 2.38. The highest BCUT2D eigenvalue weighted by Gasteiger charge is 2.17. The van der Waals surface area contributed by atoms with Crippen LogP contribution < -0.4 is 10.5 Å². The summed E-state index contributed by atoms with van der Waals surface area (Å²) in [6, 6.07) is 6.70. The zero-order valence-electron chi connectivity index (χ0n) is 9.73. The molecular formula is C13H12Cl2N2O. The Morgan fingerprint density at radius 2 is 2.00 bits per heavy atom. The van der Waals surface area contributed by atoms with E-state index in [1.54, 1.807) is 43.8 Å². The fourth-order valence-electron chi connectivity index (χ4n) is 1.75. The molecule has 0 fully saturated rings. The van der Waals surface area contributed by atoms with Crippen LogP contribution in [0.15, 0.2) is 36.7 Å². The van der Waals surface area contributed by atoms with Gasteiger partial charge in [-0.15, -0.1) is 0 Å². The van der Waals surface area contributed by atoms with Crippen molar-refractivity contribution in [3.8, 4) is 5.75 Å². The largest absolute Gasteiger partial charge is 0.496 e. The predicted octanol–water partition coefficient (Wildman–Crippen LogP) is 3.45. The number of benzene rings is 1. The molecule has 0 saturated carbocycles. The van der Waals surface area contributed by atoms with E-state index in [-0.39, 0.29) is 0 Å². The molecule has 1 aromatic heterocycles. The van der Waals surface area contributed by atoms with Gasteiger partial charge in [-0.3, -0.25) is 4.98 Å². The molecule has 5 heteroatoms. The molecule has 0 aliphatic carbocycles. The molecule has 2 rings (SSSR count). The quantitative estimate of drug-likeness (QED) is 0.938. The normalized spacial score (nSPS) is 12.2. The van der Waals surface area contributed by atoms with Crippen molar-refractivity contribution in [2.24, 2.45) is 5.73 Å². The minimum atomic E-state index is -0.408. The van der Waals surface area contributed by atoms with E-state index >= 15 is 0 Å². The lowest BCUT2D eigenvalue weighted by atomic mass is 9.99. The van der Waals surface area contributed by atoms with Crippen molar-refractivity contribution in [2.45, 2.75) is 6.04 Å². The van der Waals surface area contributed by atoms with Gasteiger partial charge in [-0.2, -0.15) is 0 Å². The molecule has 2 aromatic rings. The standard InChI is InChI=1S/C13H12Cl2N2O/c1-18-12-3-2-8(14)6-10(12)13(16)9-4-5-17-7-11(9)15/h2-7,13H,16H2,1H3. The molecule has 0 spiro atoms. The predicted molar refractivity (Wildman–Crippen MR) is 73.3 cm³/mol. The Kier molecular flexibility index (Phi) is 4.07. The molecule has 1 atom stereocenters. The summed E-state index contributed by atoms with van der Waals surface area (Å²) in [5, 5.41) is 1.12. The number of aromatic nitrogens is 1. The third-order valence-electron chi connectivity index (χ3n) is 2.67. The first-order valence-corrected chi connectivity index (χ1v) is 6.07. The summed E-state index contributed by atoms with van der Waals surface area (Å²) < 4.78 is 5.29. The number of hydrogen-bond donors (Lipinski definition) is 1. The van der Waals surface area contributed by atoms with Crippen LogP contribution in [0.2, 0.25) is 10.0 Å². The number of nitrogens with zero attached hydrogens (tertiary/aromatic N) is 1. The molecule has 0 amide bonds. The van der Waals surface area contributed by atoms with Gasteiger partial charge in [0.15, 0.2) is 0 Å². The number of nitrogens with two attached hydrogens (primary N) is 1. The minimum Gasteiger partial charge on any atom is -0.496 e. The van der Waals surface area contributed by atoms with Crippen LogP contribution in [-0.4, -0.2) is 12.1 Å². The van der Waals surface area contributed by atoms with Crippen LogP contribution in [0.3, 0.4) is 0 Å². The molecule has 2 N–H and O–H groups in total. The Morgan fingerprint density at radius 3 is 2.67 bits per heavy atom. The van der Waals surface area contributed by atoms with E-state index < -0.39 is 6.04 Å². The lowest BCUT2D eigenvalue weighted by molar-refractivity contribution is 0.408. The molecule has 0 radical (unpaired) electrons. The fraction of sp³-hybridized carbons (Fsp3) is 0.154. The van der Waals surface area contributed by atoms with Gasteiger partial charge >= 0.3 is 0 Å². The van der Waals surface area contributed by atoms with Gasteiger partial charge in [-0.05, 0) is 29.8 Å². The number of hydrogen-bond acceptors (Lipinski definition) is 3. The molecule has 1 heterocycles. The van der Waals surface area contributed by atoms with Crippen LogP contribution >= 0.6 is 23.2 Å². The molecule has 0 saturated heterocycles. The Bertz CT molecular complexity index is 560. The van der Waals surface area contributed by atoms with Crippen LogP contribution in [0.4, 0.5) is 0 Å². The fourth-order valence-corrected chi connectivity index (χ4v) is 2.17. The molecule has 0 bridgehead atoms. The Labute approximate surface area is 115 Å². The maximum atomic E-state index is 6.21. The van der Waals surface area contributed by atoms with Crippen LogP contribution in [-0.2, 0) is 0 Å². The topological polar surface area (TPSA) is 48.1 Å². The van der Waals surface area contributed by atoms with Gasteiger partial charge < -0.3 is 10.5 Å². The summed E-state index contributed by atoms with van der Waals surface area (Å²) in [4.78, 5) is 3.94. The van der Waals surface area contributed by atoms with Crippen molar-refractivity contribution < 1.29 is 4.74 Å². The number of pyridine rings is 1. The minimum absolute atomic E-state index is 0.408. The molecular weight excluding hydrogens is 271 g/mol. The Hall–Kier alpha value is -1.29. The summed E-state index contributed by atoms with van der Waals surface area (Å²) in [5.74, 6) is 0.680. The summed E-state index contributed by atoms with van der Waals surface area (Å²) in [6.07, 6.45) is 3.21. The maximum Gasteiger partial charge on any atom is 0.124 e. The van der Waals surface area contributed by atoms with Crippen molar-refractivity contribution >= 4 is 23.2 Å². The number of ether oxygens (including phenoxy) is 1. The SMILES string of the molecule is COc1ccc(Cl)cc1C(N)c1ccncc1Cl. The van der Waals surface area contributed by atoms with Crippen molar-refractivity contribution in [3.63, 3.8) is 0 Å². The molecule has 0 aliphatic rings. The number of halogens is 2. The van der Waals surface area contributed by atoms with Crippen LogP contribution in [0.5, 0.6) is 5.75 Å². The first-order valence-electron chi connectivity index (χ1n) is 5.32. The van der Waals surface area contributed by atoms with Crippen molar-refractivity contribution in [1.82, 2.24) is 4.98 Å². The van der Waals surface area contributed by atoms with E-state index in [1.165, 1.54) is 0 Å². The smallest absolute Gasteiger partial charge is 0.124 e. The van der Waals surface area contributed by atoms with Gasteiger partial charge in [0, 0.05) is 23.0 Å². The van der Waals surface area contributed by atoms with E-state index in [1.807, 2.05) is 0 Å². The number of rotatable bonds is 3. The zero-order chi connectivity index (χ0) is 13.1. The van der Waals surface area contributed by atoms with Gasteiger partial charge in [0.1, 0.15) is 5.75 Å². The summed E-state index contributed by atoms with van der Waals surface area (Å²) in [7, 11) is 1.59. The highest BCUT2D eigenvalue weighted by atomic mass is 35.5. The van der Waals surface area contributed by atoms with Gasteiger partial charge in [-0.25, -0.2) is 0 Å². The first-order chi connectivity index (χ1) is 8.63. The monoisotopic (exact) mass is 282 g/mol. The van der Waals surface area contributed by atoms with Crippen molar-refractivity contribution in [2.75, 3.05) is 7.11 Å². The Balaban J connectivity index is 2.48. The van der Waals surface area contributed by atoms with E-state index in [2.05, 4.69) is 4.98 Å². The third-order valence-corrected chi connectivity index (χ3v) is 3.22. The van der Waals surface area contributed by atoms with Gasteiger partial charge in [0.2, 0.25) is 0 Å². The zero-order valence-corrected chi connectivity index (χ0v) is 11.2. The molecule has 3 nitrogen and oxygen atoms in total. The second-order valence-electron chi connectivity index (χ2n) is 3.76. The van der Waals surface area contributed by atoms with Crippen LogP contribution in [0.25, 0.3) is 0 Å². The van der Waals surface area contributed by atoms with Gasteiger partial charge in [-0.1, -0.05) is 23.2 Å². The molecule has 1 unspecified atom stereocenters. The third kappa shape index (κ3) is 2.58. The molecule has 0 aliphatic heterocycles. The highest BCUT2D eigenvalue weighted by molar-refractivity contribution is 6.31. The van der Waals surface area contributed by atoms with E-state index in [9.17, 15) is 0 Å². The van der Waals surface area contributed by atoms with Crippen LogP contribution in [0.1, 0.15) is 17.2 Å². The second kappa shape index (κ2) is 5.57. The summed E-state index contributed by atoms with van der Waals surface area (Å²) in [5.41, 5.74) is 7.79. The summed E-state index contributed by atoms with van der Waals surface area (Å²) in [6.45, 7) is 0. The lowest BCUT2D eigenvalue weighted by Gasteiger charge is -2.17. The van der Waals surface area contributed by atoms with Crippen molar-refractivity contribution in [3.05, 3.63) is 57.8 Å². The van der Waals surface area contributed by atoms with E-state index in [4.69, 9.17) is 33.7 Å². The highest BCUT2D eigenvalue weighted by Crippen LogP contribution is 2.33. The van der Waals surface area contributed by atoms with Gasteiger partial charge in [0.25, 0.3) is 0 Å². The van der Waals surface area contributed by atoms with Crippen molar-refractivity contribution in [1.29, 1.82) is 0 Å². The Morgan fingerprint density at radius 1 is 1.22 bits per heavy atom. The van der Waals surface area contributed by atoms with Crippen LogP contribution in [0, 0.1) is 0 Å². The second-order valence-corrected chi connectivity index (χ2v) is 4.60. The van der Waals surface area contributed by atoms with E-state index in [0.29, 0.717) is 15.8 Å². The lowest BCUT2D eigenvalue weighted by Crippen LogP contribution is -2.13. The molecule has 94 valence electrons. The van der Waals surface area contributed by atoms with E-state index in [0.717, 1.165) is 11.1 Å². The summed E-state index contributed by atoms with van der Waals surface area (Å²) >= 11 is 12.1. The molecule has 18 heavy (non-hydrogen) atoms.